The van der Waals surface area contributed by atoms with Gasteiger partial charge in [-0.3, -0.25) is 9.59 Å². The van der Waals surface area contributed by atoms with Gasteiger partial charge in [0.05, 0.1) is 19.1 Å². The number of methoxy groups -OCH3 is 1. The van der Waals surface area contributed by atoms with Gasteiger partial charge in [0.15, 0.2) is 0 Å². The van der Waals surface area contributed by atoms with E-state index in [1.165, 1.54) is 7.11 Å². The molecule has 1 saturated heterocycles. The van der Waals surface area contributed by atoms with Gasteiger partial charge in [-0.15, -0.1) is 0 Å². The SMILES string of the molecule is CCCc1cc(OC)c([C@@H]2O[C@H](CO)[C@@H](O)[C@H](O)[C@H]2O)cc1Cc1ccc(/C=C/C(C)(C)C(=O)NC(C)(C)C(=O)NCCN(C)C)cc1. The van der Waals surface area contributed by atoms with Crippen LogP contribution in [0.1, 0.15) is 75.0 Å². The fourth-order valence-electron chi connectivity index (χ4n) is 5.57. The Bertz CT molecular complexity index is 1400. The molecular weight excluding hydrogens is 614 g/mol. The lowest BCUT2D eigenvalue weighted by Gasteiger charge is -2.40. The second-order valence-corrected chi connectivity index (χ2v) is 14.0. The quantitative estimate of drug-likeness (QED) is 0.167. The van der Waals surface area contributed by atoms with Crippen LogP contribution in [0.4, 0.5) is 0 Å². The zero-order valence-corrected chi connectivity index (χ0v) is 29.6. The van der Waals surface area contributed by atoms with Crippen molar-refractivity contribution in [2.45, 2.75) is 89.9 Å². The van der Waals surface area contributed by atoms with Crippen LogP contribution in [-0.4, -0.2) is 108 Å². The van der Waals surface area contributed by atoms with Crippen LogP contribution in [0.2, 0.25) is 0 Å². The number of nitrogens with zero attached hydrogens (tertiary/aromatic N) is 1. The number of aliphatic hydroxyl groups excluding tert-OH is 4. The molecule has 1 heterocycles. The van der Waals surface area contributed by atoms with Crippen LogP contribution in [0.15, 0.2) is 42.5 Å². The number of benzene rings is 2. The molecule has 1 fully saturated rings. The maximum Gasteiger partial charge on any atom is 0.245 e. The van der Waals surface area contributed by atoms with Crippen LogP contribution in [0.25, 0.3) is 6.08 Å². The van der Waals surface area contributed by atoms with Crippen molar-refractivity contribution in [3.63, 3.8) is 0 Å². The number of carbonyl (C=O) groups is 2. The lowest BCUT2D eigenvalue weighted by molar-refractivity contribution is -0.232. The van der Waals surface area contributed by atoms with Gasteiger partial charge in [-0.05, 0) is 89.0 Å². The molecule has 11 heteroatoms. The number of hydrogen-bond acceptors (Lipinski definition) is 9. The predicted molar refractivity (Wildman–Crippen MR) is 186 cm³/mol. The molecule has 3 rings (SSSR count). The molecule has 0 aliphatic carbocycles. The number of hydrogen-bond donors (Lipinski definition) is 6. The van der Waals surface area contributed by atoms with Crippen molar-refractivity contribution in [3.05, 3.63) is 70.3 Å². The molecule has 0 aromatic heterocycles. The fourth-order valence-corrected chi connectivity index (χ4v) is 5.57. The Hall–Kier alpha value is -3.32. The van der Waals surface area contributed by atoms with E-state index in [4.69, 9.17) is 9.47 Å². The van der Waals surface area contributed by atoms with Crippen molar-refractivity contribution < 1.29 is 39.5 Å². The number of carbonyl (C=O) groups excluding carboxylic acids is 2. The van der Waals surface area contributed by atoms with Gasteiger partial charge in [0.25, 0.3) is 0 Å². The average Bonchev–Trinajstić information content (AvgIpc) is 3.03. The number of rotatable bonds is 15. The molecule has 0 unspecified atom stereocenters. The molecule has 0 bridgehead atoms. The van der Waals surface area contributed by atoms with E-state index in [9.17, 15) is 30.0 Å². The Morgan fingerprint density at radius 3 is 2.23 bits per heavy atom. The molecule has 48 heavy (non-hydrogen) atoms. The highest BCUT2D eigenvalue weighted by Gasteiger charge is 2.45. The van der Waals surface area contributed by atoms with Crippen molar-refractivity contribution in [2.75, 3.05) is 40.9 Å². The summed E-state index contributed by atoms with van der Waals surface area (Å²) in [5.41, 5.74) is 2.60. The summed E-state index contributed by atoms with van der Waals surface area (Å²) in [6.07, 6.45) is -0.413. The molecule has 5 atom stereocenters. The van der Waals surface area contributed by atoms with Gasteiger partial charge in [-0.1, -0.05) is 49.8 Å². The molecule has 1 aliphatic rings. The summed E-state index contributed by atoms with van der Waals surface area (Å²) in [5, 5.41) is 47.0. The number of amides is 2. The lowest BCUT2D eigenvalue weighted by atomic mass is 9.87. The number of aryl methyl sites for hydroxylation is 1. The van der Waals surface area contributed by atoms with E-state index in [2.05, 4.69) is 17.6 Å². The van der Waals surface area contributed by atoms with Gasteiger partial charge in [0.1, 0.15) is 41.8 Å². The molecule has 1 aliphatic heterocycles. The highest BCUT2D eigenvalue weighted by Crippen LogP contribution is 2.39. The minimum absolute atomic E-state index is 0.243. The van der Waals surface area contributed by atoms with Crippen LogP contribution in [0.3, 0.4) is 0 Å². The number of nitrogens with one attached hydrogen (secondary N) is 2. The van der Waals surface area contributed by atoms with E-state index in [1.54, 1.807) is 27.7 Å². The van der Waals surface area contributed by atoms with E-state index in [0.717, 1.165) is 35.1 Å². The van der Waals surface area contributed by atoms with E-state index in [0.29, 0.717) is 30.8 Å². The van der Waals surface area contributed by atoms with Gasteiger partial charge in [-0.2, -0.15) is 0 Å². The largest absolute Gasteiger partial charge is 0.496 e. The molecule has 266 valence electrons. The van der Waals surface area contributed by atoms with Crippen LogP contribution in [0.5, 0.6) is 5.75 Å². The van der Waals surface area contributed by atoms with E-state index >= 15 is 0 Å². The van der Waals surface area contributed by atoms with Crippen molar-refractivity contribution >= 4 is 17.9 Å². The van der Waals surface area contributed by atoms with Crippen molar-refractivity contribution in [2.24, 2.45) is 5.41 Å². The highest BCUT2D eigenvalue weighted by atomic mass is 16.5. The highest BCUT2D eigenvalue weighted by molar-refractivity contribution is 5.93. The monoisotopic (exact) mass is 669 g/mol. The molecule has 2 amide bonds. The molecule has 0 radical (unpaired) electrons. The first kappa shape index (κ1) is 39.1. The van der Waals surface area contributed by atoms with Gasteiger partial charge in [-0.25, -0.2) is 0 Å². The molecular formula is C37H55N3O8. The third-order valence-electron chi connectivity index (χ3n) is 8.76. The molecule has 0 spiro atoms. The molecule has 2 aromatic rings. The molecule has 11 nitrogen and oxygen atoms in total. The van der Waals surface area contributed by atoms with E-state index < -0.39 is 48.1 Å². The van der Waals surface area contributed by atoms with Crippen LogP contribution in [0, 0.1) is 5.41 Å². The molecule has 6 N–H and O–H groups in total. The molecule has 0 saturated carbocycles. The summed E-state index contributed by atoms with van der Waals surface area (Å²) in [6.45, 7) is 9.75. The van der Waals surface area contributed by atoms with Crippen molar-refractivity contribution in [1.82, 2.24) is 15.5 Å². The summed E-state index contributed by atoms with van der Waals surface area (Å²) in [7, 11) is 5.38. The second-order valence-electron chi connectivity index (χ2n) is 14.0. The van der Waals surface area contributed by atoms with Crippen LogP contribution < -0.4 is 15.4 Å². The fraction of sp³-hybridized carbons (Fsp3) is 0.568. The van der Waals surface area contributed by atoms with Gasteiger partial charge < -0.3 is 45.4 Å². The predicted octanol–water partition coefficient (Wildman–Crippen LogP) is 2.37. The summed E-state index contributed by atoms with van der Waals surface area (Å²) in [6, 6.07) is 11.8. The van der Waals surface area contributed by atoms with Crippen LogP contribution in [-0.2, 0) is 27.2 Å². The second kappa shape index (κ2) is 16.9. The van der Waals surface area contributed by atoms with E-state index in [1.807, 2.05) is 67.5 Å². The Kier molecular flexibility index (Phi) is 13.7. The normalized spacial score (nSPS) is 21.8. The first-order valence-electron chi connectivity index (χ1n) is 16.6. The number of ether oxygens (including phenoxy) is 2. The van der Waals surface area contributed by atoms with Crippen molar-refractivity contribution in [1.29, 1.82) is 0 Å². The Morgan fingerprint density at radius 1 is 0.979 bits per heavy atom. The van der Waals surface area contributed by atoms with Gasteiger partial charge in [0.2, 0.25) is 11.8 Å². The van der Waals surface area contributed by atoms with Crippen molar-refractivity contribution in [3.8, 4) is 5.75 Å². The number of aliphatic hydroxyl groups is 4. The zero-order valence-electron chi connectivity index (χ0n) is 29.6. The third-order valence-corrected chi connectivity index (χ3v) is 8.76. The minimum atomic E-state index is -1.50. The first-order valence-corrected chi connectivity index (χ1v) is 16.6. The maximum atomic E-state index is 13.2. The molecule has 2 aromatic carbocycles. The average molecular weight is 670 g/mol. The van der Waals surface area contributed by atoms with Gasteiger partial charge >= 0.3 is 0 Å². The standard InChI is InChI=1S/C37H55N3O8/c1-9-10-25-21-28(47-8)27(33-32(44)31(43)30(42)29(22-41)48-33)20-26(25)19-24-13-11-23(12-14-24)15-16-36(2,3)34(45)39-37(4,5)35(46)38-17-18-40(6)7/h11-16,20-21,29-33,41-44H,9-10,17-19,22H2,1-8H3,(H,38,46)(H,39,45)/b16-15+/t29-,30-,31+,32-,33+/m1/s1. The summed E-state index contributed by atoms with van der Waals surface area (Å²) < 4.78 is 11.5. The topological polar surface area (TPSA) is 161 Å². The van der Waals surface area contributed by atoms with E-state index in [-0.39, 0.29) is 11.8 Å². The summed E-state index contributed by atoms with van der Waals surface area (Å²) in [5.74, 6) is -0.0133. The van der Waals surface area contributed by atoms with Gasteiger partial charge in [0, 0.05) is 18.7 Å². The number of likely N-dealkylation sites (N-methyl/N-ethyl adjacent to an activating group) is 1. The smallest absolute Gasteiger partial charge is 0.245 e. The first-order chi connectivity index (χ1) is 22.5. The minimum Gasteiger partial charge on any atom is -0.496 e. The zero-order chi connectivity index (χ0) is 35.8. The Morgan fingerprint density at radius 2 is 1.65 bits per heavy atom. The third kappa shape index (κ3) is 9.87. The maximum absolute atomic E-state index is 13.2. The summed E-state index contributed by atoms with van der Waals surface area (Å²) >= 11 is 0. The Labute approximate surface area is 285 Å². The lowest BCUT2D eigenvalue weighted by Crippen LogP contribution is -2.57. The van der Waals surface area contributed by atoms with Crippen LogP contribution >= 0.6 is 0 Å². The summed E-state index contributed by atoms with van der Waals surface area (Å²) in [4.78, 5) is 27.8. The Balaban J connectivity index is 1.77.